The van der Waals surface area contributed by atoms with Gasteiger partial charge in [-0.3, -0.25) is 4.98 Å². The molecule has 1 saturated heterocycles. The molecule has 2 aromatic rings. The van der Waals surface area contributed by atoms with Crippen molar-refractivity contribution in [2.24, 2.45) is 0 Å². The number of halogens is 2. The van der Waals surface area contributed by atoms with E-state index < -0.39 is 0 Å². The zero-order valence-electron chi connectivity index (χ0n) is 10.5. The second kappa shape index (κ2) is 6.17. The number of hydrogen-bond donors (Lipinski definition) is 2. The van der Waals surface area contributed by atoms with E-state index in [9.17, 15) is 4.39 Å². The first-order valence-electron chi connectivity index (χ1n) is 6.34. The van der Waals surface area contributed by atoms with E-state index in [0.29, 0.717) is 11.6 Å². The Balaban J connectivity index is 0.00000133. The van der Waals surface area contributed by atoms with Gasteiger partial charge in [-0.25, -0.2) is 4.39 Å². The summed E-state index contributed by atoms with van der Waals surface area (Å²) in [5, 5.41) is 7.57. The minimum atomic E-state index is -0.260. The molecule has 102 valence electrons. The summed E-state index contributed by atoms with van der Waals surface area (Å²) in [6.07, 6.45) is 3.77. The Labute approximate surface area is 118 Å². The average molecular weight is 282 g/mol. The van der Waals surface area contributed by atoms with Crippen LogP contribution in [0.3, 0.4) is 0 Å². The Bertz CT molecular complexity index is 555. The number of nitrogens with zero attached hydrogens (tertiary/aromatic N) is 1. The molecule has 0 unspecified atom stereocenters. The maximum Gasteiger partial charge on any atom is 0.151 e. The van der Waals surface area contributed by atoms with Gasteiger partial charge in [-0.2, -0.15) is 0 Å². The number of hydrogen-bond acceptors (Lipinski definition) is 3. The minimum absolute atomic E-state index is 0. The molecule has 3 rings (SSSR count). The molecule has 0 amide bonds. The van der Waals surface area contributed by atoms with E-state index in [1.807, 2.05) is 18.2 Å². The van der Waals surface area contributed by atoms with Crippen molar-refractivity contribution < 1.29 is 4.39 Å². The van der Waals surface area contributed by atoms with Gasteiger partial charge < -0.3 is 10.6 Å². The van der Waals surface area contributed by atoms with Gasteiger partial charge in [0.25, 0.3) is 0 Å². The molecule has 0 aliphatic carbocycles. The van der Waals surface area contributed by atoms with Gasteiger partial charge in [0, 0.05) is 23.3 Å². The highest BCUT2D eigenvalue weighted by atomic mass is 35.5. The summed E-state index contributed by atoms with van der Waals surface area (Å²) in [6, 6.07) is 7.65. The molecule has 0 atom stereocenters. The van der Waals surface area contributed by atoms with Gasteiger partial charge in [0.15, 0.2) is 5.82 Å². The summed E-state index contributed by atoms with van der Waals surface area (Å²) in [5.74, 6) is -0.260. The van der Waals surface area contributed by atoms with E-state index in [1.165, 1.54) is 6.07 Å². The van der Waals surface area contributed by atoms with Gasteiger partial charge in [0.2, 0.25) is 0 Å². The van der Waals surface area contributed by atoms with Crippen LogP contribution >= 0.6 is 12.4 Å². The molecule has 19 heavy (non-hydrogen) atoms. The van der Waals surface area contributed by atoms with E-state index in [1.54, 1.807) is 6.20 Å². The third kappa shape index (κ3) is 3.14. The molecule has 2 N–H and O–H groups in total. The molecule has 1 aromatic heterocycles. The zero-order chi connectivity index (χ0) is 12.4. The number of fused-ring (bicyclic) bond motifs is 1. The van der Waals surface area contributed by atoms with Crippen LogP contribution in [0.2, 0.25) is 0 Å². The molecule has 2 heterocycles. The predicted octanol–water partition coefficient (Wildman–Crippen LogP) is 2.96. The second-order valence-corrected chi connectivity index (χ2v) is 4.70. The Kier molecular flexibility index (Phi) is 4.56. The van der Waals surface area contributed by atoms with Crippen LogP contribution in [0.4, 0.5) is 10.1 Å². The van der Waals surface area contributed by atoms with E-state index in [2.05, 4.69) is 15.6 Å². The van der Waals surface area contributed by atoms with Crippen molar-refractivity contribution >= 4 is 29.0 Å². The highest BCUT2D eigenvalue weighted by molar-refractivity contribution is 5.85. The van der Waals surface area contributed by atoms with E-state index >= 15 is 0 Å². The van der Waals surface area contributed by atoms with Crippen LogP contribution in [0.15, 0.2) is 30.5 Å². The Morgan fingerprint density at radius 3 is 2.84 bits per heavy atom. The van der Waals surface area contributed by atoms with Gasteiger partial charge in [0.05, 0.1) is 0 Å². The maximum atomic E-state index is 13.9. The lowest BCUT2D eigenvalue weighted by Gasteiger charge is -2.24. The molecule has 1 aliphatic rings. The topological polar surface area (TPSA) is 37.0 Å². The predicted molar refractivity (Wildman–Crippen MR) is 78.5 cm³/mol. The average Bonchev–Trinajstić information content (AvgIpc) is 2.40. The van der Waals surface area contributed by atoms with Gasteiger partial charge in [0.1, 0.15) is 5.52 Å². The molecular formula is C14H17ClFN3. The van der Waals surface area contributed by atoms with Crippen molar-refractivity contribution in [1.29, 1.82) is 0 Å². The summed E-state index contributed by atoms with van der Waals surface area (Å²) in [5.41, 5.74) is 1.29. The first-order chi connectivity index (χ1) is 8.83. The fourth-order valence-corrected chi connectivity index (χ4v) is 2.43. The molecule has 3 nitrogen and oxygen atoms in total. The van der Waals surface area contributed by atoms with Crippen molar-refractivity contribution in [2.45, 2.75) is 18.9 Å². The lowest BCUT2D eigenvalue weighted by atomic mass is 10.1. The smallest absolute Gasteiger partial charge is 0.151 e. The maximum absolute atomic E-state index is 13.9. The number of piperidine rings is 1. The van der Waals surface area contributed by atoms with Crippen molar-refractivity contribution in [2.75, 3.05) is 18.4 Å². The number of anilines is 1. The SMILES string of the molecule is Cl.Fc1cc(NC2CCNCC2)cc2cccnc12. The molecular weight excluding hydrogens is 265 g/mol. The number of pyridine rings is 1. The second-order valence-electron chi connectivity index (χ2n) is 4.70. The fourth-order valence-electron chi connectivity index (χ4n) is 2.43. The Hall–Kier alpha value is -1.39. The molecule has 5 heteroatoms. The van der Waals surface area contributed by atoms with Crippen molar-refractivity contribution in [3.8, 4) is 0 Å². The van der Waals surface area contributed by atoms with Crippen LogP contribution in [-0.4, -0.2) is 24.1 Å². The third-order valence-electron chi connectivity index (χ3n) is 3.37. The number of aromatic nitrogens is 1. The summed E-state index contributed by atoms with van der Waals surface area (Å²) < 4.78 is 13.9. The Morgan fingerprint density at radius 1 is 1.26 bits per heavy atom. The van der Waals surface area contributed by atoms with Crippen LogP contribution in [-0.2, 0) is 0 Å². The van der Waals surface area contributed by atoms with Gasteiger partial charge >= 0.3 is 0 Å². The van der Waals surface area contributed by atoms with Gasteiger partial charge in [-0.1, -0.05) is 6.07 Å². The number of benzene rings is 1. The summed E-state index contributed by atoms with van der Waals surface area (Å²) in [7, 11) is 0. The van der Waals surface area contributed by atoms with Crippen LogP contribution in [0.1, 0.15) is 12.8 Å². The van der Waals surface area contributed by atoms with E-state index in [-0.39, 0.29) is 18.2 Å². The monoisotopic (exact) mass is 281 g/mol. The first kappa shape index (κ1) is 14.0. The molecule has 0 radical (unpaired) electrons. The number of nitrogens with one attached hydrogen (secondary N) is 2. The van der Waals surface area contributed by atoms with Crippen molar-refractivity contribution in [1.82, 2.24) is 10.3 Å². The van der Waals surface area contributed by atoms with Crippen LogP contribution in [0.25, 0.3) is 10.9 Å². The molecule has 0 spiro atoms. The normalized spacial score (nSPS) is 16.1. The fraction of sp³-hybridized carbons (Fsp3) is 0.357. The van der Waals surface area contributed by atoms with E-state index in [4.69, 9.17) is 0 Å². The molecule has 0 saturated carbocycles. The van der Waals surface area contributed by atoms with Gasteiger partial charge in [-0.15, -0.1) is 12.4 Å². The standard InChI is InChI=1S/C14H16FN3.ClH/c15-13-9-12(18-11-3-6-16-7-4-11)8-10-2-1-5-17-14(10)13;/h1-2,5,8-9,11,16,18H,3-4,6-7H2;1H. The van der Waals surface area contributed by atoms with Crippen molar-refractivity contribution in [3.63, 3.8) is 0 Å². The minimum Gasteiger partial charge on any atom is -0.382 e. The first-order valence-corrected chi connectivity index (χ1v) is 6.34. The molecule has 1 fully saturated rings. The van der Waals surface area contributed by atoms with Gasteiger partial charge in [-0.05, 0) is 44.1 Å². The molecule has 1 aromatic carbocycles. The third-order valence-corrected chi connectivity index (χ3v) is 3.37. The largest absolute Gasteiger partial charge is 0.382 e. The summed E-state index contributed by atoms with van der Waals surface area (Å²) in [4.78, 5) is 4.06. The van der Waals surface area contributed by atoms with Crippen LogP contribution < -0.4 is 10.6 Å². The summed E-state index contributed by atoms with van der Waals surface area (Å²) >= 11 is 0. The highest BCUT2D eigenvalue weighted by Gasteiger charge is 2.13. The lowest BCUT2D eigenvalue weighted by Crippen LogP contribution is -2.35. The van der Waals surface area contributed by atoms with Crippen LogP contribution in [0.5, 0.6) is 0 Å². The summed E-state index contributed by atoms with van der Waals surface area (Å²) in [6.45, 7) is 2.05. The number of rotatable bonds is 2. The lowest BCUT2D eigenvalue weighted by molar-refractivity contribution is 0.479. The highest BCUT2D eigenvalue weighted by Crippen LogP contribution is 2.22. The molecule has 1 aliphatic heterocycles. The van der Waals surface area contributed by atoms with Crippen molar-refractivity contribution in [3.05, 3.63) is 36.3 Å². The van der Waals surface area contributed by atoms with E-state index in [0.717, 1.165) is 37.0 Å². The zero-order valence-corrected chi connectivity index (χ0v) is 11.3. The molecule has 0 bridgehead atoms. The van der Waals surface area contributed by atoms with Crippen LogP contribution in [0, 0.1) is 5.82 Å². The quantitative estimate of drug-likeness (QED) is 0.889. The Morgan fingerprint density at radius 2 is 2.05 bits per heavy atom.